The van der Waals surface area contributed by atoms with E-state index in [9.17, 15) is 9.59 Å². The fourth-order valence-corrected chi connectivity index (χ4v) is 1.02. The molecule has 0 fully saturated rings. The molecule has 0 saturated carbocycles. The monoisotopic (exact) mass is 184 g/mol. The molecule has 0 heterocycles. The molecular weight excluding hydrogens is 168 g/mol. The molecule has 0 aliphatic carbocycles. The van der Waals surface area contributed by atoms with Gasteiger partial charge in [0.2, 0.25) is 0 Å². The van der Waals surface area contributed by atoms with Crippen molar-refractivity contribution in [3.8, 4) is 0 Å². The number of allylic oxidation sites excluding steroid dienone is 1. The van der Waals surface area contributed by atoms with Crippen LogP contribution in [0, 0.1) is 5.92 Å². The van der Waals surface area contributed by atoms with Gasteiger partial charge in [0.05, 0.1) is 6.61 Å². The zero-order chi connectivity index (χ0) is 10.3. The first kappa shape index (κ1) is 11.9. The van der Waals surface area contributed by atoms with E-state index in [0.717, 1.165) is 0 Å². The summed E-state index contributed by atoms with van der Waals surface area (Å²) in [6, 6.07) is 0. The Kier molecular flexibility index (Phi) is 5.85. The number of ketones is 1. The Labute approximate surface area is 78.8 Å². The number of Topliss-reactive ketones (excluding diaryl/α,β-unsaturated/α-hetero) is 1. The van der Waals surface area contributed by atoms with Gasteiger partial charge in [-0.15, -0.1) is 6.58 Å². The highest BCUT2D eigenvalue weighted by Gasteiger charge is 2.24. The van der Waals surface area contributed by atoms with Gasteiger partial charge in [-0.05, 0) is 13.3 Å². The van der Waals surface area contributed by atoms with Crippen LogP contribution in [0.1, 0.15) is 26.7 Å². The standard InChI is InChI=1S/C10H16O3/c1-4-7-8(9(11)5-2)10(12)13-6-3/h4,8H,1,5-7H2,2-3H3. The largest absolute Gasteiger partial charge is 0.465 e. The lowest BCUT2D eigenvalue weighted by Crippen LogP contribution is -2.25. The summed E-state index contributed by atoms with van der Waals surface area (Å²) in [7, 11) is 0. The van der Waals surface area contributed by atoms with Crippen LogP contribution < -0.4 is 0 Å². The van der Waals surface area contributed by atoms with E-state index >= 15 is 0 Å². The Hall–Kier alpha value is -1.12. The second-order valence-electron chi connectivity index (χ2n) is 2.65. The van der Waals surface area contributed by atoms with Gasteiger partial charge < -0.3 is 4.74 Å². The average molecular weight is 184 g/mol. The number of hydrogen-bond acceptors (Lipinski definition) is 3. The summed E-state index contributed by atoms with van der Waals surface area (Å²) >= 11 is 0. The second kappa shape index (κ2) is 6.40. The van der Waals surface area contributed by atoms with Gasteiger partial charge >= 0.3 is 5.97 Å². The Morgan fingerprint density at radius 1 is 1.46 bits per heavy atom. The Balaban J connectivity index is 4.30. The minimum absolute atomic E-state index is 0.0849. The first-order chi connectivity index (χ1) is 6.17. The van der Waals surface area contributed by atoms with E-state index in [-0.39, 0.29) is 5.78 Å². The first-order valence-electron chi connectivity index (χ1n) is 4.47. The predicted octanol–water partition coefficient (Wildman–Crippen LogP) is 1.72. The smallest absolute Gasteiger partial charge is 0.316 e. The van der Waals surface area contributed by atoms with Gasteiger partial charge in [-0.2, -0.15) is 0 Å². The summed E-state index contributed by atoms with van der Waals surface area (Å²) in [5.74, 6) is -1.17. The summed E-state index contributed by atoms with van der Waals surface area (Å²) in [5, 5.41) is 0. The number of carbonyl (C=O) groups is 2. The lowest BCUT2D eigenvalue weighted by molar-refractivity contribution is -0.151. The van der Waals surface area contributed by atoms with Crippen molar-refractivity contribution >= 4 is 11.8 Å². The van der Waals surface area contributed by atoms with Gasteiger partial charge in [0.1, 0.15) is 11.7 Å². The predicted molar refractivity (Wildman–Crippen MR) is 50.2 cm³/mol. The molecule has 0 N–H and O–H groups in total. The molecule has 0 aromatic heterocycles. The maximum atomic E-state index is 11.3. The van der Waals surface area contributed by atoms with Crippen LogP contribution in [0.25, 0.3) is 0 Å². The molecule has 0 saturated heterocycles. The minimum Gasteiger partial charge on any atom is -0.465 e. The maximum absolute atomic E-state index is 11.3. The fourth-order valence-electron chi connectivity index (χ4n) is 1.02. The number of ether oxygens (including phenoxy) is 1. The third-order valence-corrected chi connectivity index (χ3v) is 1.71. The summed E-state index contributed by atoms with van der Waals surface area (Å²) in [4.78, 5) is 22.5. The van der Waals surface area contributed by atoms with Gasteiger partial charge in [0.25, 0.3) is 0 Å². The van der Waals surface area contributed by atoms with E-state index in [0.29, 0.717) is 19.4 Å². The van der Waals surface area contributed by atoms with Crippen molar-refractivity contribution in [2.45, 2.75) is 26.7 Å². The molecule has 0 bridgehead atoms. The number of rotatable bonds is 6. The van der Waals surface area contributed by atoms with Gasteiger partial charge in [0.15, 0.2) is 0 Å². The molecule has 74 valence electrons. The van der Waals surface area contributed by atoms with E-state index in [1.54, 1.807) is 19.9 Å². The highest BCUT2D eigenvalue weighted by molar-refractivity contribution is 5.98. The normalized spacial score (nSPS) is 11.8. The van der Waals surface area contributed by atoms with Crippen molar-refractivity contribution in [3.05, 3.63) is 12.7 Å². The molecular formula is C10H16O3. The molecule has 0 spiro atoms. The van der Waals surface area contributed by atoms with E-state index in [4.69, 9.17) is 4.74 Å². The van der Waals surface area contributed by atoms with Crippen molar-refractivity contribution in [1.29, 1.82) is 0 Å². The van der Waals surface area contributed by atoms with E-state index in [1.165, 1.54) is 0 Å². The SMILES string of the molecule is C=CCC(C(=O)CC)C(=O)OCC. The average Bonchev–Trinajstić information content (AvgIpc) is 2.13. The van der Waals surface area contributed by atoms with Gasteiger partial charge in [-0.3, -0.25) is 9.59 Å². The molecule has 3 heteroatoms. The summed E-state index contributed by atoms with van der Waals surface area (Å²) in [5.41, 5.74) is 0. The molecule has 1 unspecified atom stereocenters. The van der Waals surface area contributed by atoms with E-state index in [2.05, 4.69) is 6.58 Å². The van der Waals surface area contributed by atoms with Crippen LogP contribution in [0.4, 0.5) is 0 Å². The van der Waals surface area contributed by atoms with Gasteiger partial charge in [-0.1, -0.05) is 13.0 Å². The third-order valence-electron chi connectivity index (χ3n) is 1.71. The molecule has 0 aliphatic rings. The highest BCUT2D eigenvalue weighted by atomic mass is 16.5. The van der Waals surface area contributed by atoms with Crippen LogP contribution in [0.2, 0.25) is 0 Å². The van der Waals surface area contributed by atoms with Crippen LogP contribution >= 0.6 is 0 Å². The van der Waals surface area contributed by atoms with Crippen molar-refractivity contribution in [3.63, 3.8) is 0 Å². The first-order valence-corrected chi connectivity index (χ1v) is 4.47. The van der Waals surface area contributed by atoms with Crippen molar-refractivity contribution in [1.82, 2.24) is 0 Å². The van der Waals surface area contributed by atoms with E-state index < -0.39 is 11.9 Å². The summed E-state index contributed by atoms with van der Waals surface area (Å²) < 4.78 is 4.77. The lowest BCUT2D eigenvalue weighted by atomic mass is 9.99. The van der Waals surface area contributed by atoms with Crippen molar-refractivity contribution in [2.75, 3.05) is 6.61 Å². The quantitative estimate of drug-likeness (QED) is 0.358. The molecule has 0 amide bonds. The van der Waals surface area contributed by atoms with Gasteiger partial charge in [0, 0.05) is 6.42 Å². The van der Waals surface area contributed by atoms with Crippen molar-refractivity contribution in [2.24, 2.45) is 5.92 Å². The summed E-state index contributed by atoms with van der Waals surface area (Å²) in [6.07, 6.45) is 2.29. The molecule has 1 atom stereocenters. The molecule has 0 aromatic rings. The zero-order valence-corrected chi connectivity index (χ0v) is 8.21. The Bertz CT molecular complexity index is 196. The number of hydrogen-bond donors (Lipinski definition) is 0. The molecule has 0 rings (SSSR count). The highest BCUT2D eigenvalue weighted by Crippen LogP contribution is 2.10. The number of esters is 1. The lowest BCUT2D eigenvalue weighted by Gasteiger charge is -2.10. The Morgan fingerprint density at radius 3 is 2.46 bits per heavy atom. The molecule has 0 radical (unpaired) electrons. The zero-order valence-electron chi connectivity index (χ0n) is 8.21. The molecule has 13 heavy (non-hydrogen) atoms. The van der Waals surface area contributed by atoms with E-state index in [1.807, 2.05) is 0 Å². The summed E-state index contributed by atoms with van der Waals surface area (Å²) in [6.45, 7) is 7.26. The minimum atomic E-state index is -0.651. The van der Waals surface area contributed by atoms with Crippen LogP contribution in [0.15, 0.2) is 12.7 Å². The molecule has 0 aromatic carbocycles. The van der Waals surface area contributed by atoms with Crippen LogP contribution in [0.5, 0.6) is 0 Å². The third kappa shape index (κ3) is 3.87. The van der Waals surface area contributed by atoms with Crippen molar-refractivity contribution < 1.29 is 14.3 Å². The molecule has 0 aliphatic heterocycles. The van der Waals surface area contributed by atoms with Crippen LogP contribution in [0.3, 0.4) is 0 Å². The number of carbonyl (C=O) groups excluding carboxylic acids is 2. The second-order valence-corrected chi connectivity index (χ2v) is 2.65. The fraction of sp³-hybridized carbons (Fsp3) is 0.600. The Morgan fingerprint density at radius 2 is 2.08 bits per heavy atom. The molecule has 3 nitrogen and oxygen atoms in total. The van der Waals surface area contributed by atoms with Gasteiger partial charge in [-0.25, -0.2) is 0 Å². The topological polar surface area (TPSA) is 43.4 Å². The van der Waals surface area contributed by atoms with Crippen LogP contribution in [-0.2, 0) is 14.3 Å². The maximum Gasteiger partial charge on any atom is 0.316 e. The van der Waals surface area contributed by atoms with Crippen LogP contribution in [-0.4, -0.2) is 18.4 Å².